The van der Waals surface area contributed by atoms with E-state index in [1.807, 2.05) is 77.9 Å². The molecule has 5 nitrogen and oxygen atoms in total. The van der Waals surface area contributed by atoms with Gasteiger partial charge in [0.05, 0.1) is 6.10 Å². The third-order valence-electron chi connectivity index (χ3n) is 4.37. The van der Waals surface area contributed by atoms with Gasteiger partial charge in [-0.25, -0.2) is 0 Å². The zero-order chi connectivity index (χ0) is 23.2. The molecule has 2 rings (SSSR count). The first-order valence-electron chi connectivity index (χ1n) is 10.5. The molecule has 0 bridgehead atoms. The van der Waals surface area contributed by atoms with Crippen LogP contribution in [0.4, 0.5) is 0 Å². The Morgan fingerprint density at radius 2 is 1.32 bits per heavy atom. The average Bonchev–Trinajstić information content (AvgIpc) is 2.64. The molecule has 0 aliphatic heterocycles. The van der Waals surface area contributed by atoms with Crippen molar-refractivity contribution >= 4 is 17.9 Å². The normalized spacial score (nSPS) is 13.1. The maximum atomic E-state index is 12.6. The summed E-state index contributed by atoms with van der Waals surface area (Å²) in [6.07, 6.45) is 2.89. The highest BCUT2D eigenvalue weighted by Gasteiger charge is 2.19. The van der Waals surface area contributed by atoms with Crippen LogP contribution in [-0.2, 0) is 6.42 Å². The highest BCUT2D eigenvalue weighted by atomic mass is 16.3. The fourth-order valence-corrected chi connectivity index (χ4v) is 3.09. The molecule has 31 heavy (non-hydrogen) atoms. The number of carbonyl (C=O) groups is 2. The standard InChI is InChI=1S/C26H34N2O3/c1-25(2,3)27-23(30)21-13-9-7-11-18(21)15-16-20(29)17-19-12-8-10-14-22(19)24(31)28-26(4,5)6/h7-16,20,29H,17H2,1-6H3,(H,27,30)(H,28,31)/b16-15+. The van der Waals surface area contributed by atoms with E-state index in [9.17, 15) is 14.7 Å². The van der Waals surface area contributed by atoms with Gasteiger partial charge in [0.25, 0.3) is 11.8 Å². The van der Waals surface area contributed by atoms with Gasteiger partial charge in [0.15, 0.2) is 0 Å². The lowest BCUT2D eigenvalue weighted by Gasteiger charge is -2.22. The number of aliphatic hydroxyl groups excluding tert-OH is 1. The van der Waals surface area contributed by atoms with Crippen LogP contribution < -0.4 is 10.6 Å². The van der Waals surface area contributed by atoms with Crippen molar-refractivity contribution in [3.63, 3.8) is 0 Å². The van der Waals surface area contributed by atoms with E-state index in [4.69, 9.17) is 0 Å². The van der Waals surface area contributed by atoms with Crippen molar-refractivity contribution in [2.24, 2.45) is 0 Å². The molecule has 3 N–H and O–H groups in total. The third-order valence-corrected chi connectivity index (χ3v) is 4.37. The summed E-state index contributed by atoms with van der Waals surface area (Å²) in [5.74, 6) is -0.324. The van der Waals surface area contributed by atoms with Crippen molar-refractivity contribution in [1.82, 2.24) is 10.6 Å². The predicted molar refractivity (Wildman–Crippen MR) is 126 cm³/mol. The molecule has 0 radical (unpaired) electrons. The number of aliphatic hydroxyl groups is 1. The van der Waals surface area contributed by atoms with Crippen molar-refractivity contribution < 1.29 is 14.7 Å². The molecule has 0 spiro atoms. The highest BCUT2D eigenvalue weighted by Crippen LogP contribution is 2.16. The quantitative estimate of drug-likeness (QED) is 0.647. The van der Waals surface area contributed by atoms with Crippen molar-refractivity contribution in [3.8, 4) is 0 Å². The Morgan fingerprint density at radius 3 is 1.90 bits per heavy atom. The van der Waals surface area contributed by atoms with Crippen LogP contribution in [0.5, 0.6) is 0 Å². The second kappa shape index (κ2) is 9.92. The lowest BCUT2D eigenvalue weighted by atomic mass is 9.98. The number of benzene rings is 2. The summed E-state index contributed by atoms with van der Waals surface area (Å²) in [5, 5.41) is 16.5. The molecule has 0 heterocycles. The molecular weight excluding hydrogens is 388 g/mol. The largest absolute Gasteiger partial charge is 0.389 e. The van der Waals surface area contributed by atoms with Crippen LogP contribution in [0.25, 0.3) is 6.08 Å². The molecule has 2 aromatic rings. The molecule has 166 valence electrons. The van der Waals surface area contributed by atoms with E-state index in [-0.39, 0.29) is 22.9 Å². The van der Waals surface area contributed by atoms with Gasteiger partial charge >= 0.3 is 0 Å². The molecule has 0 saturated carbocycles. The van der Waals surface area contributed by atoms with E-state index < -0.39 is 6.10 Å². The van der Waals surface area contributed by atoms with Gasteiger partial charge < -0.3 is 15.7 Å². The summed E-state index contributed by atoms with van der Waals surface area (Å²) in [6.45, 7) is 11.6. The van der Waals surface area contributed by atoms with Gasteiger partial charge in [0.1, 0.15) is 0 Å². The van der Waals surface area contributed by atoms with Crippen molar-refractivity contribution in [2.75, 3.05) is 0 Å². The Hall–Kier alpha value is -2.92. The second-order valence-corrected chi connectivity index (χ2v) is 9.78. The number of carbonyl (C=O) groups excluding carboxylic acids is 2. The van der Waals surface area contributed by atoms with E-state index in [0.717, 1.165) is 11.1 Å². The van der Waals surface area contributed by atoms with Crippen LogP contribution in [0.3, 0.4) is 0 Å². The molecule has 1 atom stereocenters. The lowest BCUT2D eigenvalue weighted by Crippen LogP contribution is -2.41. The fourth-order valence-electron chi connectivity index (χ4n) is 3.09. The first-order chi connectivity index (χ1) is 14.4. The monoisotopic (exact) mass is 422 g/mol. The second-order valence-electron chi connectivity index (χ2n) is 9.78. The molecule has 0 saturated heterocycles. The average molecular weight is 423 g/mol. The molecule has 2 amide bonds. The minimum Gasteiger partial charge on any atom is -0.389 e. The summed E-state index contributed by atoms with van der Waals surface area (Å²) < 4.78 is 0. The van der Waals surface area contributed by atoms with Gasteiger partial charge in [-0.1, -0.05) is 48.6 Å². The van der Waals surface area contributed by atoms with Crippen LogP contribution in [-0.4, -0.2) is 34.1 Å². The van der Waals surface area contributed by atoms with Crippen LogP contribution in [0.2, 0.25) is 0 Å². The summed E-state index contributed by atoms with van der Waals surface area (Å²) in [7, 11) is 0. The highest BCUT2D eigenvalue weighted by molar-refractivity contribution is 5.98. The first-order valence-corrected chi connectivity index (χ1v) is 10.5. The van der Waals surface area contributed by atoms with Crippen LogP contribution in [0.1, 0.15) is 73.4 Å². The third kappa shape index (κ3) is 8.02. The topological polar surface area (TPSA) is 78.4 Å². The Labute approximate surface area is 185 Å². The van der Waals surface area contributed by atoms with Crippen LogP contribution in [0.15, 0.2) is 54.6 Å². The van der Waals surface area contributed by atoms with Gasteiger partial charge in [-0.2, -0.15) is 0 Å². The Kier molecular flexibility index (Phi) is 7.80. The van der Waals surface area contributed by atoms with Crippen LogP contribution in [0, 0.1) is 0 Å². The van der Waals surface area contributed by atoms with Crippen molar-refractivity contribution in [3.05, 3.63) is 76.9 Å². The van der Waals surface area contributed by atoms with Gasteiger partial charge in [-0.15, -0.1) is 0 Å². The summed E-state index contributed by atoms with van der Waals surface area (Å²) in [6, 6.07) is 14.5. The van der Waals surface area contributed by atoms with E-state index in [0.29, 0.717) is 17.5 Å². The number of hydrogen-bond acceptors (Lipinski definition) is 3. The van der Waals surface area contributed by atoms with Gasteiger partial charge in [0, 0.05) is 28.6 Å². The Morgan fingerprint density at radius 1 is 0.839 bits per heavy atom. The predicted octanol–water partition coefficient (Wildman–Crippen LogP) is 4.36. The molecule has 5 heteroatoms. The fraction of sp³-hybridized carbons (Fsp3) is 0.385. The molecule has 0 fully saturated rings. The molecule has 0 aliphatic rings. The Bertz CT molecular complexity index is 950. The number of rotatable bonds is 6. The molecular formula is C26H34N2O3. The summed E-state index contributed by atoms with van der Waals surface area (Å²) >= 11 is 0. The molecule has 0 aromatic heterocycles. The van der Waals surface area contributed by atoms with Gasteiger partial charge in [0.2, 0.25) is 0 Å². The lowest BCUT2D eigenvalue weighted by molar-refractivity contribution is 0.0909. The molecule has 0 aliphatic carbocycles. The van der Waals surface area contributed by atoms with E-state index in [1.165, 1.54) is 0 Å². The Balaban J connectivity index is 2.17. The smallest absolute Gasteiger partial charge is 0.252 e. The van der Waals surface area contributed by atoms with E-state index >= 15 is 0 Å². The zero-order valence-corrected chi connectivity index (χ0v) is 19.3. The minimum absolute atomic E-state index is 0.161. The summed E-state index contributed by atoms with van der Waals surface area (Å²) in [4.78, 5) is 25.2. The van der Waals surface area contributed by atoms with Gasteiger partial charge in [-0.3, -0.25) is 9.59 Å². The number of hydrogen-bond donors (Lipinski definition) is 3. The van der Waals surface area contributed by atoms with Crippen molar-refractivity contribution in [2.45, 2.75) is 65.1 Å². The molecule has 2 aromatic carbocycles. The van der Waals surface area contributed by atoms with Crippen molar-refractivity contribution in [1.29, 1.82) is 0 Å². The van der Waals surface area contributed by atoms with Crippen LogP contribution >= 0.6 is 0 Å². The number of nitrogens with one attached hydrogen (secondary N) is 2. The van der Waals surface area contributed by atoms with E-state index in [2.05, 4.69) is 10.6 Å². The SMILES string of the molecule is CC(C)(C)NC(=O)c1ccccc1/C=C/C(O)Cc1ccccc1C(=O)NC(C)(C)C. The number of amides is 2. The first kappa shape index (κ1) is 24.4. The molecule has 1 unspecified atom stereocenters. The minimum atomic E-state index is -0.803. The summed E-state index contributed by atoms with van der Waals surface area (Å²) in [5.41, 5.74) is 1.90. The van der Waals surface area contributed by atoms with Gasteiger partial charge in [-0.05, 0) is 64.8 Å². The zero-order valence-electron chi connectivity index (χ0n) is 19.3. The maximum Gasteiger partial charge on any atom is 0.252 e. The van der Waals surface area contributed by atoms with E-state index in [1.54, 1.807) is 24.3 Å². The maximum absolute atomic E-state index is 12.6.